The van der Waals surface area contributed by atoms with Gasteiger partial charge in [-0.3, -0.25) is 18.2 Å². The van der Waals surface area contributed by atoms with Gasteiger partial charge in [-0.15, -0.1) is 20.5 Å². The summed E-state index contributed by atoms with van der Waals surface area (Å²) < 4.78 is 179. The first-order valence-electron chi connectivity index (χ1n) is 25.9. The lowest BCUT2D eigenvalue weighted by Crippen LogP contribution is -2.21. The Morgan fingerprint density at radius 1 is 0.391 bits per heavy atom. The molecule has 0 unspecified atom stereocenters. The van der Waals surface area contributed by atoms with Crippen molar-refractivity contribution in [2.75, 3.05) is 96.9 Å². The van der Waals surface area contributed by atoms with Crippen molar-refractivity contribution in [1.29, 1.82) is 10.5 Å². The van der Waals surface area contributed by atoms with Gasteiger partial charge in [0.2, 0.25) is 0 Å². The molecule has 6 rings (SSSR count). The number of sulfone groups is 2. The van der Waals surface area contributed by atoms with Crippen LogP contribution in [0, 0.1) is 36.5 Å². The SMILES string of the molecule is Cc1c(C#N)c(NCCO)nc(NCCS(=O)(=O)CCO)c1N=Nc1ccc(N=Nc2ccc(S(=O)(=O)O)cc2)cc1S(=O)(=O)O.Cc1c(C#N)c(NCCS(=O)(=O)CCO)nc(NCCO)c1N=Nc1ccc(N=Nc2ccc(S(=O)(=O)O)cc2)cc1S(=O)(=O)O. The van der Waals surface area contributed by atoms with Crippen molar-refractivity contribution in [2.24, 2.45) is 40.9 Å². The molecule has 0 fully saturated rings. The van der Waals surface area contributed by atoms with E-state index in [1.54, 1.807) is 0 Å². The van der Waals surface area contributed by atoms with E-state index in [1.807, 2.05) is 12.1 Å². The van der Waals surface area contributed by atoms with Gasteiger partial charge in [0.05, 0.1) is 93.1 Å². The van der Waals surface area contributed by atoms with Crippen molar-refractivity contribution in [3.63, 3.8) is 0 Å². The highest BCUT2D eigenvalue weighted by atomic mass is 32.2. The molecule has 0 radical (unpaired) electrons. The normalized spacial score (nSPS) is 12.4. The molecule has 0 aliphatic rings. The standard InChI is InChI=1S/2C25H28N8O10S3/c1-16-20(15-26)24(28-9-12-44(36,37)13-11-35)29-25(27-8-10-34)23(16)33-32-21-7-4-18(14-22(21)46(41,42)43)31-30-17-2-5-19(6-3-17)45(38,39)40;1-16-20(15-26)24(27-8-10-34)29-25(28-9-12-44(36,37)13-11-35)23(16)33-32-21-7-4-18(14-22(21)46(41,42)43)31-30-17-2-5-19(6-3-17)45(38,39)40/h2*2-7,14,34-35H,8-13H2,1H3,(H2,27,28,29)(H,38,39,40)(H,41,42,43). The molecule has 0 spiro atoms. The van der Waals surface area contributed by atoms with E-state index < -0.39 is 100 Å². The number of nitrogens with zero attached hydrogens (tertiary/aromatic N) is 12. The fraction of sp³-hybridized carbons (Fsp3) is 0.280. The summed E-state index contributed by atoms with van der Waals surface area (Å²) in [4.78, 5) is 6.40. The Balaban J connectivity index is 0.000000334. The van der Waals surface area contributed by atoms with Crippen LogP contribution >= 0.6 is 0 Å². The molecule has 0 saturated heterocycles. The van der Waals surface area contributed by atoms with Gasteiger partial charge in [-0.05, 0) is 98.8 Å². The van der Waals surface area contributed by atoms with Crippen LogP contribution in [0.15, 0.2) is 145 Å². The van der Waals surface area contributed by atoms with Gasteiger partial charge in [0, 0.05) is 37.3 Å². The van der Waals surface area contributed by atoms with E-state index >= 15 is 0 Å². The number of azo groups is 4. The van der Waals surface area contributed by atoms with Crippen LogP contribution in [0.3, 0.4) is 0 Å². The third kappa shape index (κ3) is 21.7. The molecular weight excluding hydrogens is 1340 g/mol. The molecule has 492 valence electrons. The molecule has 4 aromatic carbocycles. The molecule has 0 atom stereocenters. The predicted octanol–water partition coefficient (Wildman–Crippen LogP) is 5.62. The minimum Gasteiger partial charge on any atom is -0.395 e. The van der Waals surface area contributed by atoms with E-state index in [0.29, 0.717) is 0 Å². The number of pyridine rings is 2. The van der Waals surface area contributed by atoms with Gasteiger partial charge in [-0.2, -0.15) is 64.7 Å². The molecule has 0 bridgehead atoms. The monoisotopic (exact) mass is 1390 g/mol. The number of benzene rings is 4. The zero-order valence-electron chi connectivity index (χ0n) is 47.9. The van der Waals surface area contributed by atoms with Crippen LogP contribution in [0.4, 0.5) is 68.8 Å². The minimum atomic E-state index is -4.91. The van der Waals surface area contributed by atoms with Gasteiger partial charge < -0.3 is 41.7 Å². The van der Waals surface area contributed by atoms with Crippen LogP contribution in [0.2, 0.25) is 0 Å². The summed E-state index contributed by atoms with van der Waals surface area (Å²) in [6, 6.07) is 20.0. The maximum absolute atomic E-state index is 12.2. The number of rotatable bonds is 30. The lowest BCUT2D eigenvalue weighted by Gasteiger charge is -2.15. The lowest BCUT2D eigenvalue weighted by atomic mass is 10.1. The van der Waals surface area contributed by atoms with Crippen molar-refractivity contribution in [2.45, 2.75) is 33.4 Å². The summed E-state index contributed by atoms with van der Waals surface area (Å²) in [7, 11) is -25.8. The van der Waals surface area contributed by atoms with Crippen LogP contribution in [-0.2, 0) is 60.1 Å². The fourth-order valence-electron chi connectivity index (χ4n) is 7.41. The highest BCUT2D eigenvalue weighted by molar-refractivity contribution is 7.91. The second-order valence-electron chi connectivity index (χ2n) is 18.4. The van der Waals surface area contributed by atoms with E-state index in [1.165, 1.54) is 56.3 Å². The average Bonchev–Trinajstić information content (AvgIpc) is 0.822. The molecule has 2 aromatic heterocycles. The van der Waals surface area contributed by atoms with E-state index in [9.17, 15) is 80.3 Å². The summed E-state index contributed by atoms with van der Waals surface area (Å²) in [5.74, 6) is -1.62. The summed E-state index contributed by atoms with van der Waals surface area (Å²) >= 11 is 0. The summed E-state index contributed by atoms with van der Waals surface area (Å²) in [5, 5.41) is 98.6. The van der Waals surface area contributed by atoms with E-state index in [4.69, 9.17) is 19.3 Å². The molecule has 12 N–H and O–H groups in total. The topological polar surface area (TPSA) is 587 Å². The Kier molecular flexibility index (Phi) is 26.0. The Labute approximate surface area is 526 Å². The molecule has 6 aromatic rings. The Hall–Kier alpha value is -8.86. The lowest BCUT2D eigenvalue weighted by molar-refractivity contribution is 0.310. The van der Waals surface area contributed by atoms with Gasteiger partial charge in [-0.25, -0.2) is 26.8 Å². The zero-order chi connectivity index (χ0) is 68.2. The summed E-state index contributed by atoms with van der Waals surface area (Å²) in [6.45, 7) is 0.953. The molecule has 0 amide bonds. The second-order valence-corrected chi connectivity index (χ2v) is 28.7. The molecule has 0 saturated carbocycles. The third-order valence-electron chi connectivity index (χ3n) is 11.9. The van der Waals surface area contributed by atoms with Crippen molar-refractivity contribution in [3.8, 4) is 12.1 Å². The molecule has 42 heteroatoms. The van der Waals surface area contributed by atoms with E-state index in [2.05, 4.69) is 72.1 Å². The smallest absolute Gasteiger partial charge is 0.296 e. The Morgan fingerprint density at radius 3 is 1.02 bits per heavy atom. The van der Waals surface area contributed by atoms with Crippen molar-refractivity contribution in [1.82, 2.24) is 9.97 Å². The van der Waals surface area contributed by atoms with Gasteiger partial charge in [0.15, 0.2) is 31.3 Å². The molecular formula is C50H56N16O20S6. The Morgan fingerprint density at radius 2 is 0.707 bits per heavy atom. The van der Waals surface area contributed by atoms with Crippen LogP contribution in [0.25, 0.3) is 0 Å². The number of aliphatic hydroxyl groups is 4. The van der Waals surface area contributed by atoms with Gasteiger partial charge in [0.25, 0.3) is 40.5 Å². The molecule has 36 nitrogen and oxygen atoms in total. The largest absolute Gasteiger partial charge is 0.395 e. The Bertz CT molecular complexity index is 4610. The molecule has 0 aliphatic carbocycles. The van der Waals surface area contributed by atoms with Crippen LogP contribution < -0.4 is 21.3 Å². The van der Waals surface area contributed by atoms with Crippen molar-refractivity contribution >= 4 is 129 Å². The van der Waals surface area contributed by atoms with E-state index in [-0.39, 0.29) is 146 Å². The first-order chi connectivity index (χ1) is 43.2. The van der Waals surface area contributed by atoms with Gasteiger partial charge >= 0.3 is 0 Å². The van der Waals surface area contributed by atoms with Crippen molar-refractivity contribution in [3.05, 3.63) is 107 Å². The number of nitriles is 2. The number of anilines is 4. The fourth-order valence-corrected chi connectivity index (χ4v) is 11.4. The maximum atomic E-state index is 12.2. The number of aromatic nitrogens is 2. The molecule has 2 heterocycles. The van der Waals surface area contributed by atoms with Gasteiger partial charge in [0.1, 0.15) is 56.3 Å². The number of aliphatic hydroxyl groups excluding tert-OH is 4. The first kappa shape index (κ1) is 73.9. The second kappa shape index (κ2) is 32.4. The van der Waals surface area contributed by atoms with Crippen LogP contribution in [0.1, 0.15) is 22.3 Å². The minimum absolute atomic E-state index is 0.000414. The van der Waals surface area contributed by atoms with Crippen LogP contribution in [-0.4, -0.2) is 175 Å². The number of nitrogens with one attached hydrogen (secondary N) is 4. The number of hydrogen-bond donors (Lipinski definition) is 12. The van der Waals surface area contributed by atoms with Gasteiger partial charge in [-0.1, -0.05) is 0 Å². The highest BCUT2D eigenvalue weighted by Crippen LogP contribution is 2.39. The number of hydrogen-bond acceptors (Lipinski definition) is 32. The quantitative estimate of drug-likeness (QED) is 0.0192. The zero-order valence-corrected chi connectivity index (χ0v) is 52.8. The third-order valence-corrected chi connectivity index (χ3v) is 18.6. The molecule has 0 aliphatic heterocycles. The predicted molar refractivity (Wildman–Crippen MR) is 329 cm³/mol. The van der Waals surface area contributed by atoms with E-state index in [0.717, 1.165) is 42.5 Å². The van der Waals surface area contributed by atoms with Crippen molar-refractivity contribution < 1.29 is 89.1 Å². The van der Waals surface area contributed by atoms with Crippen LogP contribution in [0.5, 0.6) is 0 Å². The first-order valence-corrected chi connectivity index (χ1v) is 35.3. The average molecular weight is 1390 g/mol. The summed E-state index contributed by atoms with van der Waals surface area (Å²) in [5.41, 5.74) is -0.159. The maximum Gasteiger partial charge on any atom is 0.296 e. The molecule has 92 heavy (non-hydrogen) atoms. The summed E-state index contributed by atoms with van der Waals surface area (Å²) in [6.07, 6.45) is 0. The highest BCUT2D eigenvalue weighted by Gasteiger charge is 2.24.